The fourth-order valence-corrected chi connectivity index (χ4v) is 1.34. The Kier molecular flexibility index (Phi) is 3.99. The van der Waals surface area contributed by atoms with Gasteiger partial charge in [-0.15, -0.1) is 0 Å². The monoisotopic (exact) mass is 230 g/mol. The third-order valence-corrected chi connectivity index (χ3v) is 2.58. The van der Waals surface area contributed by atoms with Crippen LogP contribution in [0.5, 0.6) is 0 Å². The van der Waals surface area contributed by atoms with E-state index in [0.717, 1.165) is 11.1 Å². The van der Waals surface area contributed by atoms with E-state index in [1.54, 1.807) is 25.1 Å². The number of hydrogen-bond acceptors (Lipinski definition) is 1. The van der Waals surface area contributed by atoms with E-state index in [1.165, 1.54) is 0 Å². The van der Waals surface area contributed by atoms with E-state index in [4.69, 9.17) is 23.2 Å². The Morgan fingerprint density at radius 1 is 1.43 bits per heavy atom. The standard InChI is InChI=1S/C11H12Cl2O/c1-7(8(2)14)5-9-6-10(12)3-4-11(9)13/h3-6,8,14H,1-2H3/b7-5+. The molecule has 1 unspecified atom stereocenters. The van der Waals surface area contributed by atoms with Crippen LogP contribution in [0.15, 0.2) is 23.8 Å². The van der Waals surface area contributed by atoms with Gasteiger partial charge in [-0.1, -0.05) is 29.3 Å². The maximum absolute atomic E-state index is 9.30. The van der Waals surface area contributed by atoms with Gasteiger partial charge in [-0.2, -0.15) is 0 Å². The smallest absolute Gasteiger partial charge is 0.0722 e. The summed E-state index contributed by atoms with van der Waals surface area (Å²) in [5, 5.41) is 10.6. The molecule has 0 fully saturated rings. The first-order chi connectivity index (χ1) is 6.50. The van der Waals surface area contributed by atoms with Gasteiger partial charge < -0.3 is 5.11 Å². The minimum atomic E-state index is -0.468. The molecule has 1 atom stereocenters. The Bertz CT molecular complexity index is 356. The van der Waals surface area contributed by atoms with Gasteiger partial charge in [0.25, 0.3) is 0 Å². The maximum Gasteiger partial charge on any atom is 0.0722 e. The van der Waals surface area contributed by atoms with Gasteiger partial charge in [0.05, 0.1) is 6.10 Å². The fourth-order valence-electron chi connectivity index (χ4n) is 0.991. The predicted octanol–water partition coefficient (Wildman–Crippen LogP) is 3.78. The van der Waals surface area contributed by atoms with Crippen LogP contribution in [-0.2, 0) is 0 Å². The summed E-state index contributed by atoms with van der Waals surface area (Å²) in [6.07, 6.45) is 1.36. The molecule has 0 aliphatic carbocycles. The molecule has 0 bridgehead atoms. The molecule has 1 nitrogen and oxygen atoms in total. The van der Waals surface area contributed by atoms with Gasteiger partial charge in [0, 0.05) is 10.0 Å². The molecule has 0 aliphatic heterocycles. The molecule has 0 heterocycles. The molecule has 1 aromatic rings. The maximum atomic E-state index is 9.30. The fraction of sp³-hybridized carbons (Fsp3) is 0.273. The topological polar surface area (TPSA) is 20.2 Å². The lowest BCUT2D eigenvalue weighted by molar-refractivity contribution is 0.232. The first-order valence-corrected chi connectivity index (χ1v) is 5.07. The van der Waals surface area contributed by atoms with Gasteiger partial charge in [-0.25, -0.2) is 0 Å². The molecule has 3 heteroatoms. The Hall–Kier alpha value is -0.500. The normalized spacial score (nSPS) is 14.2. The van der Waals surface area contributed by atoms with Crippen LogP contribution in [0, 0.1) is 0 Å². The van der Waals surface area contributed by atoms with Crippen LogP contribution in [0.2, 0.25) is 10.0 Å². The Morgan fingerprint density at radius 3 is 2.64 bits per heavy atom. The molecule has 0 aromatic heterocycles. The average Bonchev–Trinajstić information content (AvgIpc) is 2.11. The highest BCUT2D eigenvalue weighted by molar-refractivity contribution is 6.34. The zero-order valence-corrected chi connectivity index (χ0v) is 9.60. The largest absolute Gasteiger partial charge is 0.389 e. The highest BCUT2D eigenvalue weighted by Gasteiger charge is 2.02. The molecule has 0 amide bonds. The molecule has 14 heavy (non-hydrogen) atoms. The van der Waals surface area contributed by atoms with Gasteiger partial charge in [0.2, 0.25) is 0 Å². The number of aliphatic hydroxyl groups is 1. The summed E-state index contributed by atoms with van der Waals surface area (Å²) < 4.78 is 0. The van der Waals surface area contributed by atoms with Crippen molar-refractivity contribution in [1.29, 1.82) is 0 Å². The average molecular weight is 231 g/mol. The lowest BCUT2D eigenvalue weighted by Gasteiger charge is -2.05. The SMILES string of the molecule is C/C(=C\c1cc(Cl)ccc1Cl)C(C)O. The zero-order valence-electron chi connectivity index (χ0n) is 8.09. The van der Waals surface area contributed by atoms with Crippen LogP contribution in [0.4, 0.5) is 0 Å². The summed E-state index contributed by atoms with van der Waals surface area (Å²) in [6, 6.07) is 5.25. The van der Waals surface area contributed by atoms with Crippen molar-refractivity contribution in [2.45, 2.75) is 20.0 Å². The van der Waals surface area contributed by atoms with E-state index in [2.05, 4.69) is 0 Å². The molecule has 0 saturated carbocycles. The highest BCUT2D eigenvalue weighted by Crippen LogP contribution is 2.23. The van der Waals surface area contributed by atoms with E-state index in [0.29, 0.717) is 10.0 Å². The first-order valence-electron chi connectivity index (χ1n) is 4.32. The minimum Gasteiger partial charge on any atom is -0.389 e. The molecule has 0 saturated heterocycles. The molecular weight excluding hydrogens is 219 g/mol. The minimum absolute atomic E-state index is 0.468. The summed E-state index contributed by atoms with van der Waals surface area (Å²) >= 11 is 11.8. The van der Waals surface area contributed by atoms with Crippen molar-refractivity contribution in [1.82, 2.24) is 0 Å². The lowest BCUT2D eigenvalue weighted by Crippen LogP contribution is -2.00. The molecule has 1 rings (SSSR count). The number of aliphatic hydroxyl groups excluding tert-OH is 1. The van der Waals surface area contributed by atoms with E-state index in [9.17, 15) is 5.11 Å². The Balaban J connectivity index is 3.07. The first kappa shape index (κ1) is 11.6. The van der Waals surface area contributed by atoms with Crippen molar-refractivity contribution >= 4 is 29.3 Å². The van der Waals surface area contributed by atoms with Crippen molar-refractivity contribution in [3.05, 3.63) is 39.4 Å². The number of rotatable bonds is 2. The summed E-state index contributed by atoms with van der Waals surface area (Å²) in [6.45, 7) is 3.56. The molecule has 0 radical (unpaired) electrons. The van der Waals surface area contributed by atoms with Gasteiger partial charge in [-0.3, -0.25) is 0 Å². The van der Waals surface area contributed by atoms with Crippen molar-refractivity contribution in [3.8, 4) is 0 Å². The molecule has 76 valence electrons. The third kappa shape index (κ3) is 3.02. The Morgan fingerprint density at radius 2 is 2.07 bits per heavy atom. The van der Waals surface area contributed by atoms with E-state index < -0.39 is 6.10 Å². The van der Waals surface area contributed by atoms with Crippen molar-refractivity contribution < 1.29 is 5.11 Å². The van der Waals surface area contributed by atoms with Crippen LogP contribution >= 0.6 is 23.2 Å². The molecular formula is C11H12Cl2O. The molecule has 0 aliphatic rings. The summed E-state index contributed by atoms with van der Waals surface area (Å²) in [7, 11) is 0. The van der Waals surface area contributed by atoms with Gasteiger partial charge in [0.15, 0.2) is 0 Å². The molecule has 1 aromatic carbocycles. The second-order valence-electron chi connectivity index (χ2n) is 3.23. The van der Waals surface area contributed by atoms with Gasteiger partial charge >= 0.3 is 0 Å². The van der Waals surface area contributed by atoms with Crippen molar-refractivity contribution in [2.75, 3.05) is 0 Å². The van der Waals surface area contributed by atoms with E-state index in [-0.39, 0.29) is 0 Å². The highest BCUT2D eigenvalue weighted by atomic mass is 35.5. The quantitative estimate of drug-likeness (QED) is 0.821. The summed E-state index contributed by atoms with van der Waals surface area (Å²) in [5.41, 5.74) is 1.69. The van der Waals surface area contributed by atoms with E-state index >= 15 is 0 Å². The second-order valence-corrected chi connectivity index (χ2v) is 4.07. The zero-order chi connectivity index (χ0) is 10.7. The molecule has 1 N–H and O–H groups in total. The van der Waals surface area contributed by atoms with Crippen LogP contribution in [0.1, 0.15) is 19.4 Å². The summed E-state index contributed by atoms with van der Waals surface area (Å²) in [4.78, 5) is 0. The van der Waals surface area contributed by atoms with Gasteiger partial charge in [0.1, 0.15) is 0 Å². The van der Waals surface area contributed by atoms with Crippen molar-refractivity contribution in [2.24, 2.45) is 0 Å². The Labute approximate surface area is 94.0 Å². The second kappa shape index (κ2) is 4.83. The van der Waals surface area contributed by atoms with Crippen molar-refractivity contribution in [3.63, 3.8) is 0 Å². The van der Waals surface area contributed by atoms with Crippen LogP contribution < -0.4 is 0 Å². The number of halogens is 2. The molecule has 0 spiro atoms. The van der Waals surface area contributed by atoms with Crippen LogP contribution in [0.25, 0.3) is 6.08 Å². The number of benzene rings is 1. The lowest BCUT2D eigenvalue weighted by atomic mass is 10.1. The van der Waals surface area contributed by atoms with Crippen LogP contribution in [0.3, 0.4) is 0 Å². The summed E-state index contributed by atoms with van der Waals surface area (Å²) in [5.74, 6) is 0. The van der Waals surface area contributed by atoms with E-state index in [1.807, 2.05) is 13.0 Å². The van der Waals surface area contributed by atoms with Crippen LogP contribution in [-0.4, -0.2) is 11.2 Å². The number of hydrogen-bond donors (Lipinski definition) is 1. The predicted molar refractivity (Wildman–Crippen MR) is 61.8 cm³/mol. The third-order valence-electron chi connectivity index (χ3n) is 2.00. The van der Waals surface area contributed by atoms with Gasteiger partial charge in [-0.05, 0) is 43.2 Å².